The first-order chi connectivity index (χ1) is 8.75. The second-order valence-corrected chi connectivity index (χ2v) is 4.52. The fraction of sp³-hybridized carbons (Fsp3) is 0.250. The molecule has 0 saturated carbocycles. The van der Waals surface area contributed by atoms with Crippen LogP contribution in [0.25, 0.3) is 0 Å². The van der Waals surface area contributed by atoms with E-state index in [1.807, 2.05) is 30.3 Å². The zero-order valence-corrected chi connectivity index (χ0v) is 10.7. The van der Waals surface area contributed by atoms with Crippen molar-refractivity contribution in [2.45, 2.75) is 19.6 Å². The third-order valence-electron chi connectivity index (χ3n) is 2.88. The van der Waals surface area contributed by atoms with Crippen molar-refractivity contribution >= 4 is 0 Å². The summed E-state index contributed by atoms with van der Waals surface area (Å²) in [6.07, 6.45) is 0. The molecule has 2 rings (SSSR count). The van der Waals surface area contributed by atoms with Gasteiger partial charge >= 0.3 is 0 Å². The van der Waals surface area contributed by atoms with Crippen LogP contribution in [0.2, 0.25) is 0 Å². The first kappa shape index (κ1) is 12.8. The van der Waals surface area contributed by atoms with Crippen LogP contribution in [0, 0.1) is 6.92 Å². The van der Waals surface area contributed by atoms with E-state index in [4.69, 9.17) is 10.5 Å². The van der Waals surface area contributed by atoms with Crippen molar-refractivity contribution in [3.05, 3.63) is 71.3 Å². The Balaban J connectivity index is 1.83. The normalized spacial score (nSPS) is 12.3. The predicted molar refractivity (Wildman–Crippen MR) is 74.2 cm³/mol. The molecule has 0 amide bonds. The van der Waals surface area contributed by atoms with Gasteiger partial charge in [0.25, 0.3) is 0 Å². The number of rotatable bonds is 5. The van der Waals surface area contributed by atoms with Crippen molar-refractivity contribution in [3.63, 3.8) is 0 Å². The van der Waals surface area contributed by atoms with E-state index in [1.165, 1.54) is 11.1 Å². The van der Waals surface area contributed by atoms with Crippen molar-refractivity contribution in [1.29, 1.82) is 0 Å². The standard InChI is InChI=1S/C16H19NO/c1-13-6-5-9-15(10-13)16(17)12-18-11-14-7-3-2-4-8-14/h2-10,16H,11-12,17H2,1H3. The molecule has 0 heterocycles. The zero-order valence-electron chi connectivity index (χ0n) is 10.7. The molecular formula is C16H19NO. The molecule has 0 aliphatic carbocycles. The summed E-state index contributed by atoms with van der Waals surface area (Å²) in [4.78, 5) is 0. The Kier molecular flexibility index (Phi) is 4.51. The van der Waals surface area contributed by atoms with Gasteiger partial charge in [0.1, 0.15) is 0 Å². The molecule has 2 heteroatoms. The van der Waals surface area contributed by atoms with Crippen LogP contribution < -0.4 is 5.73 Å². The van der Waals surface area contributed by atoms with Gasteiger partial charge in [-0.25, -0.2) is 0 Å². The molecule has 1 atom stereocenters. The number of benzene rings is 2. The van der Waals surface area contributed by atoms with Crippen LogP contribution in [0.4, 0.5) is 0 Å². The van der Waals surface area contributed by atoms with Crippen LogP contribution in [-0.4, -0.2) is 6.61 Å². The summed E-state index contributed by atoms with van der Waals surface area (Å²) in [6, 6.07) is 18.3. The van der Waals surface area contributed by atoms with Crippen molar-refractivity contribution < 1.29 is 4.74 Å². The smallest absolute Gasteiger partial charge is 0.0717 e. The summed E-state index contributed by atoms with van der Waals surface area (Å²) >= 11 is 0. The van der Waals surface area contributed by atoms with E-state index in [2.05, 4.69) is 31.2 Å². The maximum Gasteiger partial charge on any atom is 0.0717 e. The molecule has 94 valence electrons. The highest BCUT2D eigenvalue weighted by Gasteiger charge is 2.06. The molecule has 2 aromatic rings. The topological polar surface area (TPSA) is 35.2 Å². The zero-order chi connectivity index (χ0) is 12.8. The Bertz CT molecular complexity index is 481. The fourth-order valence-corrected chi connectivity index (χ4v) is 1.87. The SMILES string of the molecule is Cc1cccc(C(N)COCc2ccccc2)c1. The molecule has 0 bridgehead atoms. The van der Waals surface area contributed by atoms with E-state index in [0.29, 0.717) is 13.2 Å². The summed E-state index contributed by atoms with van der Waals surface area (Å²) < 4.78 is 5.65. The van der Waals surface area contributed by atoms with Gasteiger partial charge in [0.05, 0.1) is 19.3 Å². The lowest BCUT2D eigenvalue weighted by atomic mass is 10.1. The summed E-state index contributed by atoms with van der Waals surface area (Å²) in [5.74, 6) is 0. The van der Waals surface area contributed by atoms with E-state index < -0.39 is 0 Å². The highest BCUT2D eigenvalue weighted by atomic mass is 16.5. The van der Waals surface area contributed by atoms with Gasteiger partial charge < -0.3 is 10.5 Å². The third-order valence-corrected chi connectivity index (χ3v) is 2.88. The largest absolute Gasteiger partial charge is 0.375 e. The van der Waals surface area contributed by atoms with Crippen LogP contribution in [0.3, 0.4) is 0 Å². The van der Waals surface area contributed by atoms with Gasteiger partial charge in [0, 0.05) is 0 Å². The number of ether oxygens (including phenoxy) is 1. The number of hydrogen-bond donors (Lipinski definition) is 1. The Morgan fingerprint density at radius 1 is 1.06 bits per heavy atom. The van der Waals surface area contributed by atoms with Gasteiger partial charge in [-0.2, -0.15) is 0 Å². The molecule has 2 aromatic carbocycles. The van der Waals surface area contributed by atoms with Gasteiger partial charge in [0.15, 0.2) is 0 Å². The van der Waals surface area contributed by atoms with Gasteiger partial charge in [0.2, 0.25) is 0 Å². The molecule has 2 nitrogen and oxygen atoms in total. The Hall–Kier alpha value is -1.64. The summed E-state index contributed by atoms with van der Waals surface area (Å²) in [5.41, 5.74) is 9.63. The molecule has 0 spiro atoms. The van der Waals surface area contributed by atoms with Gasteiger partial charge in [-0.3, -0.25) is 0 Å². The Morgan fingerprint density at radius 3 is 2.56 bits per heavy atom. The number of nitrogens with two attached hydrogens (primary N) is 1. The minimum Gasteiger partial charge on any atom is -0.375 e. The van der Waals surface area contributed by atoms with Crippen LogP contribution in [0.15, 0.2) is 54.6 Å². The average molecular weight is 241 g/mol. The molecule has 18 heavy (non-hydrogen) atoms. The van der Waals surface area contributed by atoms with Gasteiger partial charge in [-0.1, -0.05) is 60.2 Å². The second-order valence-electron chi connectivity index (χ2n) is 4.52. The number of aryl methyl sites for hydroxylation is 1. The first-order valence-electron chi connectivity index (χ1n) is 6.19. The predicted octanol–water partition coefficient (Wildman–Crippen LogP) is 3.21. The van der Waals surface area contributed by atoms with Crippen LogP contribution >= 0.6 is 0 Å². The fourth-order valence-electron chi connectivity index (χ4n) is 1.87. The minimum absolute atomic E-state index is 0.0615. The van der Waals surface area contributed by atoms with E-state index in [1.54, 1.807) is 0 Å². The highest BCUT2D eigenvalue weighted by molar-refractivity contribution is 5.24. The van der Waals surface area contributed by atoms with Crippen molar-refractivity contribution in [2.24, 2.45) is 5.73 Å². The van der Waals surface area contributed by atoms with Crippen LogP contribution in [-0.2, 0) is 11.3 Å². The lowest BCUT2D eigenvalue weighted by Crippen LogP contribution is -2.17. The van der Waals surface area contributed by atoms with Crippen molar-refractivity contribution in [1.82, 2.24) is 0 Å². The maximum absolute atomic E-state index is 6.10. The van der Waals surface area contributed by atoms with Gasteiger partial charge in [-0.15, -0.1) is 0 Å². The summed E-state index contributed by atoms with van der Waals surface area (Å²) in [5, 5.41) is 0. The van der Waals surface area contributed by atoms with Crippen LogP contribution in [0.5, 0.6) is 0 Å². The molecule has 0 aromatic heterocycles. The van der Waals surface area contributed by atoms with Crippen molar-refractivity contribution in [2.75, 3.05) is 6.61 Å². The van der Waals surface area contributed by atoms with Crippen molar-refractivity contribution in [3.8, 4) is 0 Å². The molecule has 0 aliphatic heterocycles. The van der Waals surface area contributed by atoms with E-state index >= 15 is 0 Å². The van der Waals surface area contributed by atoms with E-state index in [-0.39, 0.29) is 6.04 Å². The summed E-state index contributed by atoms with van der Waals surface area (Å²) in [7, 11) is 0. The molecule has 1 unspecified atom stereocenters. The highest BCUT2D eigenvalue weighted by Crippen LogP contribution is 2.13. The third kappa shape index (κ3) is 3.69. The monoisotopic (exact) mass is 241 g/mol. The molecule has 0 radical (unpaired) electrons. The molecule has 0 saturated heterocycles. The molecule has 0 aliphatic rings. The molecule has 0 fully saturated rings. The Labute approximate surface area is 108 Å². The minimum atomic E-state index is -0.0615. The lowest BCUT2D eigenvalue weighted by Gasteiger charge is -2.13. The average Bonchev–Trinajstić information content (AvgIpc) is 2.40. The van der Waals surface area contributed by atoms with E-state index in [9.17, 15) is 0 Å². The van der Waals surface area contributed by atoms with E-state index in [0.717, 1.165) is 5.56 Å². The lowest BCUT2D eigenvalue weighted by molar-refractivity contribution is 0.108. The second kappa shape index (κ2) is 6.34. The molecular weight excluding hydrogens is 222 g/mol. The van der Waals surface area contributed by atoms with Crippen LogP contribution in [0.1, 0.15) is 22.7 Å². The summed E-state index contributed by atoms with van der Waals surface area (Å²) in [6.45, 7) is 3.22. The molecule has 2 N–H and O–H groups in total. The maximum atomic E-state index is 6.10. The van der Waals surface area contributed by atoms with Gasteiger partial charge in [-0.05, 0) is 18.1 Å². The Morgan fingerprint density at radius 2 is 1.83 bits per heavy atom. The first-order valence-corrected chi connectivity index (χ1v) is 6.19. The number of hydrogen-bond acceptors (Lipinski definition) is 2. The quantitative estimate of drug-likeness (QED) is 0.872.